The lowest BCUT2D eigenvalue weighted by atomic mass is 9.80. The number of pyridine rings is 1. The van der Waals surface area contributed by atoms with Gasteiger partial charge in [0, 0.05) is 12.2 Å². The first-order valence-electron chi connectivity index (χ1n) is 5.60. The molecule has 1 saturated carbocycles. The monoisotopic (exact) mass is 282 g/mol. The molecule has 1 aliphatic carbocycles. The number of hydrogen-bond acceptors (Lipinski definition) is 2. The number of hydrogen-bond donors (Lipinski definition) is 1. The zero-order valence-electron chi connectivity index (χ0n) is 9.24. The van der Waals surface area contributed by atoms with Crippen molar-refractivity contribution in [1.82, 2.24) is 10.3 Å². The minimum Gasteiger partial charge on any atom is -0.349 e. The number of amides is 1. The van der Waals surface area contributed by atoms with Gasteiger partial charge in [-0.25, -0.2) is 4.98 Å². The number of nitrogens with zero attached hydrogens (tertiary/aromatic N) is 1. The van der Waals surface area contributed by atoms with Crippen molar-refractivity contribution >= 4 is 21.8 Å². The Bertz CT molecular complexity index is 390. The van der Waals surface area contributed by atoms with Crippen molar-refractivity contribution in [2.45, 2.75) is 32.2 Å². The molecule has 0 bridgehead atoms. The molecule has 0 spiro atoms. The van der Waals surface area contributed by atoms with Crippen LogP contribution in [-0.2, 0) is 0 Å². The molecule has 1 amide bonds. The van der Waals surface area contributed by atoms with Gasteiger partial charge in [-0.15, -0.1) is 0 Å². The molecular formula is C12H15BrN2O. The van der Waals surface area contributed by atoms with Crippen LogP contribution in [-0.4, -0.2) is 16.9 Å². The van der Waals surface area contributed by atoms with Crippen LogP contribution >= 0.6 is 15.9 Å². The van der Waals surface area contributed by atoms with Crippen LogP contribution in [0.1, 0.15) is 36.5 Å². The molecule has 1 N–H and O–H groups in total. The highest BCUT2D eigenvalue weighted by atomic mass is 79.9. The Morgan fingerprint density at radius 1 is 1.62 bits per heavy atom. The Hall–Kier alpha value is -0.900. The summed E-state index contributed by atoms with van der Waals surface area (Å²) in [4.78, 5) is 16.0. The average Bonchev–Trinajstić information content (AvgIpc) is 2.15. The molecule has 2 rings (SSSR count). The lowest BCUT2D eigenvalue weighted by Crippen LogP contribution is -2.40. The molecule has 1 aromatic rings. The summed E-state index contributed by atoms with van der Waals surface area (Å²) in [5, 5.41) is 3.03. The minimum atomic E-state index is -0.0422. The molecule has 1 aliphatic rings. The van der Waals surface area contributed by atoms with Crippen molar-refractivity contribution in [1.29, 1.82) is 0 Å². The quantitative estimate of drug-likeness (QED) is 0.867. The highest BCUT2D eigenvalue weighted by molar-refractivity contribution is 9.10. The summed E-state index contributed by atoms with van der Waals surface area (Å²) in [5.74, 6) is 0.610. The van der Waals surface area contributed by atoms with Gasteiger partial charge >= 0.3 is 0 Å². The van der Waals surface area contributed by atoms with Crippen LogP contribution in [0.15, 0.2) is 22.9 Å². The molecule has 4 heteroatoms. The van der Waals surface area contributed by atoms with Gasteiger partial charge in [-0.3, -0.25) is 4.79 Å². The predicted octanol–water partition coefficient (Wildman–Crippen LogP) is 2.76. The molecule has 1 heterocycles. The maximum atomic E-state index is 11.9. The number of rotatable bonds is 3. The van der Waals surface area contributed by atoms with Crippen LogP contribution in [0.5, 0.6) is 0 Å². The summed E-state index contributed by atoms with van der Waals surface area (Å²) in [6.45, 7) is 2.08. The van der Waals surface area contributed by atoms with Crippen LogP contribution in [0.3, 0.4) is 0 Å². The third-order valence-corrected chi connectivity index (χ3v) is 3.85. The van der Waals surface area contributed by atoms with E-state index in [-0.39, 0.29) is 11.9 Å². The van der Waals surface area contributed by atoms with Gasteiger partial charge in [0.2, 0.25) is 0 Å². The van der Waals surface area contributed by atoms with Crippen molar-refractivity contribution in [3.8, 4) is 0 Å². The smallest absolute Gasteiger partial charge is 0.254 e. The van der Waals surface area contributed by atoms with Crippen molar-refractivity contribution in [2.24, 2.45) is 5.92 Å². The molecule has 0 saturated heterocycles. The molecule has 3 nitrogen and oxygen atoms in total. The molecule has 1 atom stereocenters. The van der Waals surface area contributed by atoms with Crippen molar-refractivity contribution in [3.05, 3.63) is 28.5 Å². The van der Waals surface area contributed by atoms with E-state index in [0.29, 0.717) is 16.1 Å². The average molecular weight is 283 g/mol. The van der Waals surface area contributed by atoms with Gasteiger partial charge in [0.05, 0.1) is 5.56 Å². The lowest BCUT2D eigenvalue weighted by Gasteiger charge is -2.31. The van der Waals surface area contributed by atoms with E-state index in [0.717, 1.165) is 0 Å². The Morgan fingerprint density at radius 2 is 2.38 bits per heavy atom. The fourth-order valence-electron chi connectivity index (χ4n) is 1.90. The third kappa shape index (κ3) is 2.43. The van der Waals surface area contributed by atoms with Crippen molar-refractivity contribution in [2.75, 3.05) is 0 Å². The Balaban J connectivity index is 2.00. The number of aromatic nitrogens is 1. The van der Waals surface area contributed by atoms with Crippen LogP contribution in [0.2, 0.25) is 0 Å². The van der Waals surface area contributed by atoms with Gasteiger partial charge in [-0.2, -0.15) is 0 Å². The van der Waals surface area contributed by atoms with E-state index in [1.54, 1.807) is 18.3 Å². The molecule has 16 heavy (non-hydrogen) atoms. The Labute approximate surface area is 104 Å². The SMILES string of the molecule is CC(NC(=O)c1cccnc1Br)C1CCC1. The molecule has 0 radical (unpaired) electrons. The van der Waals surface area contributed by atoms with Crippen molar-refractivity contribution < 1.29 is 4.79 Å². The molecule has 1 unspecified atom stereocenters. The number of halogens is 1. The van der Waals surface area contributed by atoms with Gasteiger partial charge < -0.3 is 5.32 Å². The standard InChI is InChI=1S/C12H15BrN2O/c1-8(9-4-2-5-9)15-12(16)10-6-3-7-14-11(10)13/h3,6-9H,2,4-5H2,1H3,(H,15,16). The predicted molar refractivity (Wildman–Crippen MR) is 66.2 cm³/mol. The van der Waals surface area contributed by atoms with Gasteiger partial charge in [-0.05, 0) is 53.7 Å². The van der Waals surface area contributed by atoms with E-state index in [1.165, 1.54) is 19.3 Å². The lowest BCUT2D eigenvalue weighted by molar-refractivity contribution is 0.0908. The normalized spacial score (nSPS) is 17.6. The second-order valence-corrected chi connectivity index (χ2v) is 5.05. The van der Waals surface area contributed by atoms with E-state index in [1.807, 2.05) is 0 Å². The highest BCUT2D eigenvalue weighted by Gasteiger charge is 2.25. The third-order valence-electron chi connectivity index (χ3n) is 3.22. The largest absolute Gasteiger partial charge is 0.349 e. The van der Waals surface area contributed by atoms with Crippen molar-refractivity contribution in [3.63, 3.8) is 0 Å². The number of nitrogens with one attached hydrogen (secondary N) is 1. The van der Waals surface area contributed by atoms with E-state index < -0.39 is 0 Å². The highest BCUT2D eigenvalue weighted by Crippen LogP contribution is 2.29. The zero-order valence-corrected chi connectivity index (χ0v) is 10.8. The summed E-state index contributed by atoms with van der Waals surface area (Å²) < 4.78 is 0.605. The van der Waals surface area contributed by atoms with Gasteiger partial charge in [0.1, 0.15) is 4.60 Å². The van der Waals surface area contributed by atoms with E-state index in [4.69, 9.17) is 0 Å². The first kappa shape index (κ1) is 11.6. The molecule has 1 fully saturated rings. The molecule has 0 aliphatic heterocycles. The molecular weight excluding hydrogens is 268 g/mol. The summed E-state index contributed by atoms with van der Waals surface area (Å²) in [7, 11) is 0. The number of carbonyl (C=O) groups excluding carboxylic acids is 1. The minimum absolute atomic E-state index is 0.0422. The van der Waals surface area contributed by atoms with E-state index in [2.05, 4.69) is 33.2 Å². The first-order valence-corrected chi connectivity index (χ1v) is 6.39. The molecule has 0 aromatic carbocycles. The van der Waals surface area contributed by atoms with Crippen LogP contribution < -0.4 is 5.32 Å². The second kappa shape index (κ2) is 4.95. The maximum Gasteiger partial charge on any atom is 0.254 e. The first-order chi connectivity index (χ1) is 7.68. The fourth-order valence-corrected chi connectivity index (χ4v) is 2.33. The van der Waals surface area contributed by atoms with Gasteiger partial charge in [0.25, 0.3) is 5.91 Å². The van der Waals surface area contributed by atoms with Crippen LogP contribution in [0, 0.1) is 5.92 Å². The fraction of sp³-hybridized carbons (Fsp3) is 0.500. The molecule has 86 valence electrons. The zero-order chi connectivity index (χ0) is 11.5. The summed E-state index contributed by atoms with van der Waals surface area (Å²) >= 11 is 3.28. The Kier molecular flexibility index (Phi) is 3.59. The van der Waals surface area contributed by atoms with Crippen LogP contribution in [0.4, 0.5) is 0 Å². The van der Waals surface area contributed by atoms with E-state index in [9.17, 15) is 4.79 Å². The van der Waals surface area contributed by atoms with Gasteiger partial charge in [-0.1, -0.05) is 6.42 Å². The second-order valence-electron chi connectivity index (χ2n) is 4.29. The number of carbonyl (C=O) groups is 1. The maximum absolute atomic E-state index is 11.9. The van der Waals surface area contributed by atoms with Crippen LogP contribution in [0.25, 0.3) is 0 Å². The summed E-state index contributed by atoms with van der Waals surface area (Å²) in [6, 6.07) is 3.81. The van der Waals surface area contributed by atoms with E-state index >= 15 is 0 Å². The summed E-state index contributed by atoms with van der Waals surface area (Å²) in [5.41, 5.74) is 0.605. The topological polar surface area (TPSA) is 42.0 Å². The van der Waals surface area contributed by atoms with Gasteiger partial charge in [0.15, 0.2) is 0 Å². The Morgan fingerprint density at radius 3 is 2.94 bits per heavy atom. The summed E-state index contributed by atoms with van der Waals surface area (Å²) in [6.07, 6.45) is 5.42. The molecule has 1 aromatic heterocycles.